The molecule has 1 heterocycles. The van der Waals surface area contributed by atoms with Crippen LogP contribution in [0.5, 0.6) is 0 Å². The number of hydrogen-bond donors (Lipinski definition) is 1. The van der Waals surface area contributed by atoms with Crippen LogP contribution in [-0.4, -0.2) is 39.5 Å². The third-order valence-electron chi connectivity index (χ3n) is 2.73. The van der Waals surface area contributed by atoms with Crippen molar-refractivity contribution in [3.63, 3.8) is 0 Å². The Bertz CT molecular complexity index is 522. The number of nitrogens with zero attached hydrogens (tertiary/aromatic N) is 2. The highest BCUT2D eigenvalue weighted by Crippen LogP contribution is 2.02. The number of hydrogen-bond acceptors (Lipinski definition) is 3. The fraction of sp³-hybridized carbons (Fsp3) is 0.500. The minimum atomic E-state index is -1.03. The highest BCUT2D eigenvalue weighted by molar-refractivity contribution is 5.81. The molecule has 0 aliphatic rings. The van der Waals surface area contributed by atoms with Crippen molar-refractivity contribution >= 4 is 11.9 Å². The maximum atomic E-state index is 12.0. The van der Waals surface area contributed by atoms with E-state index in [4.69, 9.17) is 5.11 Å². The number of carboxylic acids is 1. The number of amides is 1. The van der Waals surface area contributed by atoms with Gasteiger partial charge in [-0.3, -0.25) is 14.4 Å². The lowest BCUT2D eigenvalue weighted by atomic mass is 10.2. The van der Waals surface area contributed by atoms with Crippen molar-refractivity contribution < 1.29 is 14.7 Å². The third-order valence-corrected chi connectivity index (χ3v) is 2.73. The van der Waals surface area contributed by atoms with Gasteiger partial charge in [0.15, 0.2) is 0 Å². The quantitative estimate of drug-likeness (QED) is 0.801. The molecule has 1 amide bonds. The van der Waals surface area contributed by atoms with Gasteiger partial charge >= 0.3 is 5.97 Å². The Balaban J connectivity index is 2.64. The molecule has 0 atom stereocenters. The van der Waals surface area contributed by atoms with Crippen molar-refractivity contribution in [3.8, 4) is 0 Å². The van der Waals surface area contributed by atoms with Gasteiger partial charge in [-0.25, -0.2) is 0 Å². The second kappa shape index (κ2) is 7.47. The zero-order valence-corrected chi connectivity index (χ0v) is 11.8. The van der Waals surface area contributed by atoms with Gasteiger partial charge in [0, 0.05) is 31.8 Å². The van der Waals surface area contributed by atoms with Crippen LogP contribution in [0.15, 0.2) is 29.2 Å². The van der Waals surface area contributed by atoms with Crippen molar-refractivity contribution in [1.29, 1.82) is 0 Å². The summed E-state index contributed by atoms with van der Waals surface area (Å²) in [4.78, 5) is 35.6. The summed E-state index contributed by atoms with van der Waals surface area (Å²) in [5.41, 5.74) is -0.172. The first kappa shape index (κ1) is 15.9. The maximum absolute atomic E-state index is 12.0. The normalized spacial score (nSPS) is 10.6. The number of carboxylic acid groups (broad SMARTS) is 1. The second-order valence-corrected chi connectivity index (χ2v) is 5.04. The first-order valence-corrected chi connectivity index (χ1v) is 6.55. The molecule has 0 saturated heterocycles. The standard InChI is InChI=1S/C14H20N2O4/c1-11(2)9-16(10-14(19)20)13(18)6-8-15-7-4-3-5-12(15)17/h3-5,7,11H,6,8-10H2,1-2H3,(H,19,20). The summed E-state index contributed by atoms with van der Waals surface area (Å²) < 4.78 is 1.44. The maximum Gasteiger partial charge on any atom is 0.323 e. The molecule has 0 radical (unpaired) electrons. The minimum Gasteiger partial charge on any atom is -0.480 e. The Labute approximate surface area is 117 Å². The van der Waals surface area contributed by atoms with Crippen LogP contribution in [0.3, 0.4) is 0 Å². The molecule has 0 saturated carbocycles. The van der Waals surface area contributed by atoms with Crippen molar-refractivity contribution in [2.45, 2.75) is 26.8 Å². The second-order valence-electron chi connectivity index (χ2n) is 5.04. The van der Waals surface area contributed by atoms with Crippen molar-refractivity contribution in [1.82, 2.24) is 9.47 Å². The summed E-state index contributed by atoms with van der Waals surface area (Å²) in [6.07, 6.45) is 1.73. The number of carbonyl (C=O) groups excluding carboxylic acids is 1. The van der Waals surface area contributed by atoms with Gasteiger partial charge in [0.05, 0.1) is 0 Å². The van der Waals surface area contributed by atoms with E-state index >= 15 is 0 Å². The van der Waals surface area contributed by atoms with Crippen molar-refractivity contribution in [2.24, 2.45) is 5.92 Å². The summed E-state index contributed by atoms with van der Waals surface area (Å²) in [6.45, 7) is 4.19. The van der Waals surface area contributed by atoms with Gasteiger partial charge < -0.3 is 14.6 Å². The van der Waals surface area contributed by atoms with Gasteiger partial charge in [0.1, 0.15) is 6.54 Å². The lowest BCUT2D eigenvalue weighted by Crippen LogP contribution is -2.39. The molecule has 0 aromatic carbocycles. The van der Waals surface area contributed by atoms with Crippen molar-refractivity contribution in [2.75, 3.05) is 13.1 Å². The third kappa shape index (κ3) is 5.26. The fourth-order valence-corrected chi connectivity index (χ4v) is 1.88. The summed E-state index contributed by atoms with van der Waals surface area (Å²) >= 11 is 0. The Morgan fingerprint density at radius 1 is 1.35 bits per heavy atom. The van der Waals surface area contributed by atoms with E-state index in [-0.39, 0.29) is 36.9 Å². The Morgan fingerprint density at radius 3 is 2.60 bits per heavy atom. The molecule has 1 aromatic heterocycles. The molecule has 0 unspecified atom stereocenters. The number of aliphatic carboxylic acids is 1. The SMILES string of the molecule is CC(C)CN(CC(=O)O)C(=O)CCn1ccccc1=O. The van der Waals surface area contributed by atoms with Crippen molar-refractivity contribution in [3.05, 3.63) is 34.7 Å². The zero-order valence-electron chi connectivity index (χ0n) is 11.8. The van der Waals surface area contributed by atoms with Crippen LogP contribution >= 0.6 is 0 Å². The van der Waals surface area contributed by atoms with Gasteiger partial charge in [-0.05, 0) is 12.0 Å². The van der Waals surface area contributed by atoms with E-state index in [9.17, 15) is 14.4 Å². The first-order valence-electron chi connectivity index (χ1n) is 6.55. The highest BCUT2D eigenvalue weighted by atomic mass is 16.4. The van der Waals surface area contributed by atoms with Crippen LogP contribution in [0, 0.1) is 5.92 Å². The molecule has 0 spiro atoms. The predicted molar refractivity (Wildman–Crippen MR) is 74.4 cm³/mol. The highest BCUT2D eigenvalue weighted by Gasteiger charge is 2.17. The number of aromatic nitrogens is 1. The molecule has 1 aromatic rings. The van der Waals surface area contributed by atoms with Gasteiger partial charge in [-0.15, -0.1) is 0 Å². The van der Waals surface area contributed by atoms with Crippen LogP contribution in [0.4, 0.5) is 0 Å². The molecule has 0 aliphatic heterocycles. The van der Waals surface area contributed by atoms with Crippen LogP contribution in [0.1, 0.15) is 20.3 Å². The lowest BCUT2D eigenvalue weighted by molar-refractivity contribution is -0.144. The fourth-order valence-electron chi connectivity index (χ4n) is 1.88. The molecule has 6 heteroatoms. The molecular weight excluding hydrogens is 260 g/mol. The molecule has 0 aliphatic carbocycles. The summed E-state index contributed by atoms with van der Waals surface area (Å²) in [5, 5.41) is 8.83. The average molecular weight is 280 g/mol. The van der Waals surface area contributed by atoms with Crippen LogP contribution in [0.2, 0.25) is 0 Å². The molecule has 1 N–H and O–H groups in total. The van der Waals surface area contributed by atoms with Gasteiger partial charge in [0.2, 0.25) is 5.91 Å². The summed E-state index contributed by atoms with van der Waals surface area (Å²) in [5.74, 6) is -1.09. The molecule has 1 rings (SSSR count). The Hall–Kier alpha value is -2.11. The van der Waals surface area contributed by atoms with E-state index in [2.05, 4.69) is 0 Å². The molecule has 6 nitrogen and oxygen atoms in total. The molecule has 0 fully saturated rings. The number of pyridine rings is 1. The van der Waals surface area contributed by atoms with E-state index in [0.29, 0.717) is 6.54 Å². The minimum absolute atomic E-state index is 0.115. The number of carbonyl (C=O) groups is 2. The summed E-state index contributed by atoms with van der Waals surface area (Å²) in [6, 6.07) is 4.78. The van der Waals surface area contributed by atoms with E-state index in [1.165, 1.54) is 15.5 Å². The first-order chi connectivity index (χ1) is 9.40. The Kier molecular flexibility index (Phi) is 5.96. The molecule has 110 valence electrons. The molecular formula is C14H20N2O4. The molecule has 0 bridgehead atoms. The van der Waals surface area contributed by atoms with Gasteiger partial charge in [-0.2, -0.15) is 0 Å². The van der Waals surface area contributed by atoms with Crippen LogP contribution < -0.4 is 5.56 Å². The van der Waals surface area contributed by atoms with E-state index in [0.717, 1.165) is 0 Å². The smallest absolute Gasteiger partial charge is 0.323 e. The number of rotatable bonds is 7. The Morgan fingerprint density at radius 2 is 2.05 bits per heavy atom. The average Bonchev–Trinajstić information content (AvgIpc) is 2.35. The van der Waals surface area contributed by atoms with E-state index in [1.54, 1.807) is 18.3 Å². The van der Waals surface area contributed by atoms with Gasteiger partial charge in [-0.1, -0.05) is 19.9 Å². The van der Waals surface area contributed by atoms with E-state index < -0.39 is 5.97 Å². The zero-order chi connectivity index (χ0) is 15.1. The monoisotopic (exact) mass is 280 g/mol. The molecule has 20 heavy (non-hydrogen) atoms. The number of aryl methyl sites for hydroxylation is 1. The van der Waals surface area contributed by atoms with E-state index in [1.807, 2.05) is 13.8 Å². The van der Waals surface area contributed by atoms with Crippen LogP contribution in [0.25, 0.3) is 0 Å². The summed E-state index contributed by atoms with van der Waals surface area (Å²) in [7, 11) is 0. The van der Waals surface area contributed by atoms with Gasteiger partial charge in [0.25, 0.3) is 5.56 Å². The lowest BCUT2D eigenvalue weighted by Gasteiger charge is -2.22. The predicted octanol–water partition coefficient (Wildman–Crippen LogP) is 0.808. The largest absolute Gasteiger partial charge is 0.480 e. The topological polar surface area (TPSA) is 79.6 Å². The van der Waals surface area contributed by atoms with Crippen LogP contribution in [-0.2, 0) is 16.1 Å².